The van der Waals surface area contributed by atoms with E-state index in [2.05, 4.69) is 35.7 Å². The van der Waals surface area contributed by atoms with Crippen molar-refractivity contribution in [1.29, 1.82) is 0 Å². The normalized spacial score (nSPS) is 10.6. The number of rotatable bonds is 6. The van der Waals surface area contributed by atoms with Crippen LogP contribution in [-0.2, 0) is 0 Å². The number of esters is 1. The standard InChI is InChI=1S/C24H17N7O3/c32-23(21-26-19(28-30-21)15-7-3-1-4-8-15)25-17-11-13-18(14-12-17)34-24(33)22-27-20(29-31-22)16-9-5-2-6-10-16/h1-14H,(H,25,32)(H,26,28,30)(H,27,29,31). The zero-order chi connectivity index (χ0) is 23.3. The summed E-state index contributed by atoms with van der Waals surface area (Å²) in [5.74, 6) is 0.0387. The van der Waals surface area contributed by atoms with Crippen LogP contribution in [0.4, 0.5) is 5.69 Å². The summed E-state index contributed by atoms with van der Waals surface area (Å²) in [6, 6.07) is 24.9. The molecule has 5 aromatic rings. The minimum absolute atomic E-state index is 0.0178. The van der Waals surface area contributed by atoms with Crippen molar-refractivity contribution in [2.24, 2.45) is 0 Å². The van der Waals surface area contributed by atoms with Gasteiger partial charge in [-0.15, -0.1) is 0 Å². The lowest BCUT2D eigenvalue weighted by molar-refractivity contribution is 0.0722. The maximum Gasteiger partial charge on any atom is 0.381 e. The predicted molar refractivity (Wildman–Crippen MR) is 123 cm³/mol. The quantitative estimate of drug-likeness (QED) is 0.264. The Morgan fingerprint density at radius 2 is 1.21 bits per heavy atom. The van der Waals surface area contributed by atoms with E-state index in [0.29, 0.717) is 17.3 Å². The smallest absolute Gasteiger partial charge is 0.381 e. The van der Waals surface area contributed by atoms with Crippen molar-refractivity contribution < 1.29 is 14.3 Å². The summed E-state index contributed by atoms with van der Waals surface area (Å²) in [6.07, 6.45) is 0. The Hall–Kier alpha value is -5.12. The summed E-state index contributed by atoms with van der Waals surface area (Å²) in [6.45, 7) is 0. The van der Waals surface area contributed by atoms with Gasteiger partial charge in [-0.2, -0.15) is 10.2 Å². The molecule has 0 aliphatic heterocycles. The van der Waals surface area contributed by atoms with E-state index >= 15 is 0 Å². The molecule has 10 nitrogen and oxygen atoms in total. The molecule has 3 N–H and O–H groups in total. The average Bonchev–Trinajstić information content (AvgIpc) is 3.57. The van der Waals surface area contributed by atoms with E-state index in [1.165, 1.54) is 0 Å². The number of H-pyrrole nitrogens is 2. The molecule has 3 aromatic carbocycles. The van der Waals surface area contributed by atoms with Gasteiger partial charge < -0.3 is 10.1 Å². The van der Waals surface area contributed by atoms with E-state index in [1.807, 2.05) is 60.7 Å². The average molecular weight is 451 g/mol. The Balaban J connectivity index is 1.20. The molecular formula is C24H17N7O3. The molecule has 1 amide bonds. The molecule has 0 aliphatic carbocycles. The van der Waals surface area contributed by atoms with Crippen LogP contribution < -0.4 is 10.1 Å². The molecule has 0 unspecified atom stereocenters. The van der Waals surface area contributed by atoms with Gasteiger partial charge in [0.05, 0.1) is 0 Å². The predicted octanol–water partition coefficient (Wildman–Crippen LogP) is 3.73. The molecule has 0 fully saturated rings. The fourth-order valence-electron chi connectivity index (χ4n) is 3.10. The highest BCUT2D eigenvalue weighted by Gasteiger charge is 2.16. The van der Waals surface area contributed by atoms with Gasteiger partial charge in [0, 0.05) is 16.8 Å². The topological polar surface area (TPSA) is 139 Å². The molecule has 166 valence electrons. The SMILES string of the molecule is O=C(Nc1ccc(OC(=O)c2nc(-c3ccccc3)n[nH]2)cc1)c1nc(-c2ccccc2)n[nH]1. The van der Waals surface area contributed by atoms with Crippen LogP contribution in [0.5, 0.6) is 5.75 Å². The third-order valence-corrected chi connectivity index (χ3v) is 4.77. The number of hydrogen-bond acceptors (Lipinski definition) is 7. The van der Waals surface area contributed by atoms with Gasteiger partial charge in [0.1, 0.15) is 5.75 Å². The Labute approximate surface area is 193 Å². The maximum absolute atomic E-state index is 12.5. The fraction of sp³-hybridized carbons (Fsp3) is 0. The van der Waals surface area contributed by atoms with Crippen LogP contribution >= 0.6 is 0 Å². The van der Waals surface area contributed by atoms with Crippen LogP contribution in [0.25, 0.3) is 22.8 Å². The Bertz CT molecular complexity index is 1320. The van der Waals surface area contributed by atoms with Crippen molar-refractivity contribution >= 4 is 17.6 Å². The number of aromatic nitrogens is 6. The molecule has 0 aliphatic rings. The Morgan fingerprint density at radius 3 is 1.79 bits per heavy atom. The van der Waals surface area contributed by atoms with Gasteiger partial charge in [0.25, 0.3) is 5.91 Å². The molecule has 0 atom stereocenters. The molecule has 34 heavy (non-hydrogen) atoms. The highest BCUT2D eigenvalue weighted by atomic mass is 16.5. The van der Waals surface area contributed by atoms with Crippen molar-refractivity contribution in [2.45, 2.75) is 0 Å². The van der Waals surface area contributed by atoms with Crippen molar-refractivity contribution in [3.05, 3.63) is 96.6 Å². The lowest BCUT2D eigenvalue weighted by Crippen LogP contribution is -2.14. The van der Waals surface area contributed by atoms with Gasteiger partial charge in [-0.25, -0.2) is 14.8 Å². The second-order valence-corrected chi connectivity index (χ2v) is 7.12. The fourth-order valence-corrected chi connectivity index (χ4v) is 3.10. The van der Waals surface area contributed by atoms with Crippen LogP contribution in [-0.4, -0.2) is 42.2 Å². The molecule has 0 radical (unpaired) electrons. The van der Waals surface area contributed by atoms with E-state index in [4.69, 9.17) is 4.74 Å². The van der Waals surface area contributed by atoms with Crippen LogP contribution in [0.2, 0.25) is 0 Å². The van der Waals surface area contributed by atoms with Gasteiger partial charge in [-0.1, -0.05) is 60.7 Å². The number of hydrogen-bond donors (Lipinski definition) is 3. The van der Waals surface area contributed by atoms with E-state index < -0.39 is 11.9 Å². The molecule has 0 saturated carbocycles. The van der Waals surface area contributed by atoms with E-state index in [0.717, 1.165) is 11.1 Å². The largest absolute Gasteiger partial charge is 0.421 e. The summed E-state index contributed by atoms with van der Waals surface area (Å²) in [4.78, 5) is 33.3. The minimum atomic E-state index is -0.679. The summed E-state index contributed by atoms with van der Waals surface area (Å²) < 4.78 is 5.33. The number of carbonyl (C=O) groups excluding carboxylic acids is 2. The molecule has 0 bridgehead atoms. The van der Waals surface area contributed by atoms with Gasteiger partial charge in [0.2, 0.25) is 11.6 Å². The summed E-state index contributed by atoms with van der Waals surface area (Å²) in [5.41, 5.74) is 2.07. The number of nitrogens with one attached hydrogen (secondary N) is 3. The van der Waals surface area contributed by atoms with Crippen LogP contribution in [0.15, 0.2) is 84.9 Å². The van der Waals surface area contributed by atoms with Crippen LogP contribution in [0, 0.1) is 0 Å². The van der Waals surface area contributed by atoms with E-state index in [1.54, 1.807) is 24.3 Å². The molecule has 2 aromatic heterocycles. The first-order chi connectivity index (χ1) is 16.7. The zero-order valence-electron chi connectivity index (χ0n) is 17.6. The van der Waals surface area contributed by atoms with Crippen molar-refractivity contribution in [1.82, 2.24) is 30.4 Å². The monoisotopic (exact) mass is 451 g/mol. The molecule has 2 heterocycles. The number of carbonyl (C=O) groups is 2. The highest BCUT2D eigenvalue weighted by Crippen LogP contribution is 2.19. The Kier molecular flexibility index (Phi) is 5.60. The third kappa shape index (κ3) is 4.55. The number of amides is 1. The summed E-state index contributed by atoms with van der Waals surface area (Å²) >= 11 is 0. The second-order valence-electron chi connectivity index (χ2n) is 7.12. The van der Waals surface area contributed by atoms with Crippen molar-refractivity contribution in [2.75, 3.05) is 5.32 Å². The van der Waals surface area contributed by atoms with Crippen LogP contribution in [0.1, 0.15) is 21.2 Å². The van der Waals surface area contributed by atoms with E-state index in [-0.39, 0.29) is 17.4 Å². The molecular weight excluding hydrogens is 434 g/mol. The van der Waals surface area contributed by atoms with Crippen molar-refractivity contribution in [3.63, 3.8) is 0 Å². The first kappa shape index (κ1) is 20.8. The number of ether oxygens (including phenoxy) is 1. The maximum atomic E-state index is 12.5. The minimum Gasteiger partial charge on any atom is -0.421 e. The molecule has 0 spiro atoms. The van der Waals surface area contributed by atoms with Gasteiger partial charge in [-0.3, -0.25) is 15.0 Å². The molecule has 0 saturated heterocycles. The first-order valence-electron chi connectivity index (χ1n) is 10.2. The number of anilines is 1. The zero-order valence-corrected chi connectivity index (χ0v) is 17.6. The lowest BCUT2D eigenvalue weighted by atomic mass is 10.2. The number of aromatic amines is 2. The lowest BCUT2D eigenvalue weighted by Gasteiger charge is -2.05. The van der Waals surface area contributed by atoms with Gasteiger partial charge in [0.15, 0.2) is 11.6 Å². The van der Waals surface area contributed by atoms with Crippen LogP contribution in [0.3, 0.4) is 0 Å². The molecule has 10 heteroatoms. The second kappa shape index (κ2) is 9.17. The van der Waals surface area contributed by atoms with E-state index in [9.17, 15) is 9.59 Å². The first-order valence-corrected chi connectivity index (χ1v) is 10.2. The third-order valence-electron chi connectivity index (χ3n) is 4.77. The van der Waals surface area contributed by atoms with Gasteiger partial charge in [-0.05, 0) is 24.3 Å². The number of nitrogens with zero attached hydrogens (tertiary/aromatic N) is 4. The summed E-state index contributed by atoms with van der Waals surface area (Å²) in [7, 11) is 0. The highest BCUT2D eigenvalue weighted by molar-refractivity contribution is 6.01. The Morgan fingerprint density at radius 1 is 0.676 bits per heavy atom. The van der Waals surface area contributed by atoms with Gasteiger partial charge >= 0.3 is 5.97 Å². The summed E-state index contributed by atoms with van der Waals surface area (Å²) in [5, 5.41) is 16.1. The molecule has 5 rings (SSSR count). The van der Waals surface area contributed by atoms with Crippen molar-refractivity contribution in [3.8, 4) is 28.5 Å². The number of benzene rings is 3.